The number of carbonyl (C=O) groups is 1. The van der Waals surface area contributed by atoms with Gasteiger partial charge >= 0.3 is 0 Å². The predicted octanol–water partition coefficient (Wildman–Crippen LogP) is 2.44. The number of benzene rings is 1. The number of hydrogen-bond donors (Lipinski definition) is 2. The molecule has 1 aromatic carbocycles. The average molecular weight is 286 g/mol. The molecule has 2 N–H and O–H groups in total. The van der Waals surface area contributed by atoms with Gasteiger partial charge in [-0.25, -0.2) is 0 Å². The normalized spacial score (nSPS) is 25.1. The van der Waals surface area contributed by atoms with Crippen molar-refractivity contribution in [1.29, 1.82) is 0 Å². The van der Waals surface area contributed by atoms with Gasteiger partial charge in [0.15, 0.2) is 0 Å². The van der Waals surface area contributed by atoms with E-state index in [1.807, 2.05) is 0 Å². The van der Waals surface area contributed by atoms with E-state index in [1.165, 1.54) is 30.4 Å². The molecule has 2 unspecified atom stereocenters. The van der Waals surface area contributed by atoms with E-state index in [2.05, 4.69) is 34.9 Å². The summed E-state index contributed by atoms with van der Waals surface area (Å²) in [6.07, 6.45) is 7.88. The van der Waals surface area contributed by atoms with Gasteiger partial charge in [0.05, 0.1) is 0 Å². The SMILES string of the molecule is O=C(NCCC1CCCCN1)C1CCc2ccccc2C1. The van der Waals surface area contributed by atoms with Gasteiger partial charge in [-0.15, -0.1) is 0 Å². The number of fused-ring (bicyclic) bond motifs is 1. The van der Waals surface area contributed by atoms with Gasteiger partial charge in [-0.3, -0.25) is 4.79 Å². The fraction of sp³-hybridized carbons (Fsp3) is 0.611. The summed E-state index contributed by atoms with van der Waals surface area (Å²) >= 11 is 0. The second-order valence-electron chi connectivity index (χ2n) is 6.43. The van der Waals surface area contributed by atoms with E-state index in [0.29, 0.717) is 6.04 Å². The molecule has 1 heterocycles. The number of rotatable bonds is 4. The maximum Gasteiger partial charge on any atom is 0.223 e. The Morgan fingerprint density at radius 2 is 2.05 bits per heavy atom. The zero-order valence-electron chi connectivity index (χ0n) is 12.7. The van der Waals surface area contributed by atoms with Crippen molar-refractivity contribution in [2.45, 2.75) is 51.0 Å². The van der Waals surface area contributed by atoms with Crippen molar-refractivity contribution in [1.82, 2.24) is 10.6 Å². The monoisotopic (exact) mass is 286 g/mol. The molecular weight excluding hydrogens is 260 g/mol. The molecule has 1 aromatic rings. The Kier molecular flexibility index (Phi) is 4.91. The minimum Gasteiger partial charge on any atom is -0.356 e. The highest BCUT2D eigenvalue weighted by Crippen LogP contribution is 2.25. The molecule has 1 fully saturated rings. The predicted molar refractivity (Wildman–Crippen MR) is 85.2 cm³/mol. The molecule has 2 aliphatic rings. The summed E-state index contributed by atoms with van der Waals surface area (Å²) in [6.45, 7) is 1.95. The Bertz CT molecular complexity index is 480. The van der Waals surface area contributed by atoms with Crippen molar-refractivity contribution in [2.24, 2.45) is 5.92 Å². The van der Waals surface area contributed by atoms with Crippen LogP contribution < -0.4 is 10.6 Å². The number of amides is 1. The number of nitrogens with one attached hydrogen (secondary N) is 2. The first-order valence-electron chi connectivity index (χ1n) is 8.41. The highest BCUT2D eigenvalue weighted by molar-refractivity contribution is 5.79. The summed E-state index contributed by atoms with van der Waals surface area (Å²) in [4.78, 5) is 12.3. The summed E-state index contributed by atoms with van der Waals surface area (Å²) in [6, 6.07) is 9.13. The van der Waals surface area contributed by atoms with Crippen LogP contribution in [0.1, 0.15) is 43.2 Å². The van der Waals surface area contributed by atoms with Gasteiger partial charge in [-0.1, -0.05) is 30.7 Å². The first kappa shape index (κ1) is 14.6. The van der Waals surface area contributed by atoms with Crippen LogP contribution in [0.15, 0.2) is 24.3 Å². The molecule has 2 atom stereocenters. The molecule has 114 valence electrons. The second-order valence-corrected chi connectivity index (χ2v) is 6.43. The third-order valence-electron chi connectivity index (χ3n) is 4.92. The second kappa shape index (κ2) is 7.08. The number of hydrogen-bond acceptors (Lipinski definition) is 2. The van der Waals surface area contributed by atoms with Gasteiger partial charge in [0.2, 0.25) is 5.91 Å². The molecule has 1 aliphatic heterocycles. The van der Waals surface area contributed by atoms with Crippen molar-refractivity contribution in [3.63, 3.8) is 0 Å². The van der Waals surface area contributed by atoms with Crippen molar-refractivity contribution in [3.8, 4) is 0 Å². The van der Waals surface area contributed by atoms with Gasteiger partial charge < -0.3 is 10.6 Å². The fourth-order valence-corrected chi connectivity index (χ4v) is 3.61. The summed E-state index contributed by atoms with van der Waals surface area (Å²) in [5, 5.41) is 6.69. The topological polar surface area (TPSA) is 41.1 Å². The molecular formula is C18H26N2O. The lowest BCUT2D eigenvalue weighted by molar-refractivity contribution is -0.125. The van der Waals surface area contributed by atoms with Crippen LogP contribution in [0.4, 0.5) is 0 Å². The van der Waals surface area contributed by atoms with E-state index in [9.17, 15) is 4.79 Å². The van der Waals surface area contributed by atoms with Crippen LogP contribution in [-0.2, 0) is 17.6 Å². The van der Waals surface area contributed by atoms with Gasteiger partial charge in [0.25, 0.3) is 0 Å². The summed E-state index contributed by atoms with van der Waals surface area (Å²) in [5.41, 5.74) is 2.78. The van der Waals surface area contributed by atoms with Crippen LogP contribution in [0.25, 0.3) is 0 Å². The third kappa shape index (κ3) is 3.85. The quantitative estimate of drug-likeness (QED) is 0.892. The molecule has 0 aromatic heterocycles. The van der Waals surface area contributed by atoms with Crippen LogP contribution in [-0.4, -0.2) is 25.0 Å². The first-order valence-corrected chi connectivity index (χ1v) is 8.41. The van der Waals surface area contributed by atoms with Crippen molar-refractivity contribution in [3.05, 3.63) is 35.4 Å². The maximum absolute atomic E-state index is 12.3. The van der Waals surface area contributed by atoms with Gasteiger partial charge in [-0.2, -0.15) is 0 Å². The molecule has 0 radical (unpaired) electrons. The fourth-order valence-electron chi connectivity index (χ4n) is 3.61. The lowest BCUT2D eigenvalue weighted by Gasteiger charge is -2.25. The smallest absolute Gasteiger partial charge is 0.223 e. The molecule has 1 aliphatic carbocycles. The number of carbonyl (C=O) groups excluding carboxylic acids is 1. The summed E-state index contributed by atoms with van der Waals surface area (Å²) in [5.74, 6) is 0.416. The van der Waals surface area contributed by atoms with Gasteiger partial charge in [0.1, 0.15) is 0 Å². The number of aryl methyl sites for hydroxylation is 1. The zero-order valence-corrected chi connectivity index (χ0v) is 12.7. The molecule has 1 amide bonds. The standard InChI is InChI=1S/C18H26N2O/c21-18(20-12-10-17-7-3-4-11-19-17)16-9-8-14-5-1-2-6-15(14)13-16/h1-2,5-6,16-17,19H,3-4,7-13H2,(H,20,21). The zero-order chi connectivity index (χ0) is 14.5. The molecule has 0 saturated carbocycles. The summed E-state index contributed by atoms with van der Waals surface area (Å²) < 4.78 is 0. The molecule has 0 bridgehead atoms. The Hall–Kier alpha value is -1.35. The largest absolute Gasteiger partial charge is 0.356 e. The van der Waals surface area contributed by atoms with E-state index >= 15 is 0 Å². The van der Waals surface area contributed by atoms with Crippen LogP contribution in [0, 0.1) is 5.92 Å². The molecule has 0 spiro atoms. The highest BCUT2D eigenvalue weighted by Gasteiger charge is 2.24. The van der Waals surface area contributed by atoms with Crippen LogP contribution >= 0.6 is 0 Å². The van der Waals surface area contributed by atoms with Crippen LogP contribution in [0.2, 0.25) is 0 Å². The minimum atomic E-state index is 0.166. The molecule has 3 heteroatoms. The molecule has 1 saturated heterocycles. The lowest BCUT2D eigenvalue weighted by Crippen LogP contribution is -2.39. The van der Waals surface area contributed by atoms with E-state index in [-0.39, 0.29) is 11.8 Å². The minimum absolute atomic E-state index is 0.166. The van der Waals surface area contributed by atoms with Crippen LogP contribution in [0.5, 0.6) is 0 Å². The molecule has 3 rings (SSSR count). The third-order valence-corrected chi connectivity index (χ3v) is 4.92. The Labute approximate surface area is 127 Å². The Balaban J connectivity index is 1.44. The van der Waals surface area contributed by atoms with Crippen LogP contribution in [0.3, 0.4) is 0 Å². The average Bonchev–Trinajstić information content (AvgIpc) is 2.55. The van der Waals surface area contributed by atoms with E-state index in [1.54, 1.807) is 0 Å². The van der Waals surface area contributed by atoms with Crippen molar-refractivity contribution < 1.29 is 4.79 Å². The van der Waals surface area contributed by atoms with Gasteiger partial charge in [-0.05, 0) is 56.2 Å². The van der Waals surface area contributed by atoms with Crippen molar-refractivity contribution >= 4 is 5.91 Å². The van der Waals surface area contributed by atoms with E-state index in [4.69, 9.17) is 0 Å². The number of piperidine rings is 1. The van der Waals surface area contributed by atoms with E-state index in [0.717, 1.165) is 38.8 Å². The lowest BCUT2D eigenvalue weighted by atomic mass is 9.83. The summed E-state index contributed by atoms with van der Waals surface area (Å²) in [7, 11) is 0. The maximum atomic E-state index is 12.3. The first-order chi connectivity index (χ1) is 10.3. The highest BCUT2D eigenvalue weighted by atomic mass is 16.1. The van der Waals surface area contributed by atoms with Gasteiger partial charge in [0, 0.05) is 18.5 Å². The Morgan fingerprint density at radius 3 is 2.86 bits per heavy atom. The van der Waals surface area contributed by atoms with E-state index < -0.39 is 0 Å². The molecule has 21 heavy (non-hydrogen) atoms. The molecule has 3 nitrogen and oxygen atoms in total. The van der Waals surface area contributed by atoms with Crippen molar-refractivity contribution in [2.75, 3.05) is 13.1 Å². The Morgan fingerprint density at radius 1 is 1.19 bits per heavy atom.